The molecule has 0 bridgehead atoms. The van der Waals surface area contributed by atoms with Crippen molar-refractivity contribution in [2.45, 2.75) is 19.3 Å². The molecule has 2 aliphatic heterocycles. The molecule has 15 heavy (non-hydrogen) atoms. The molecule has 2 fully saturated rings. The zero-order chi connectivity index (χ0) is 10.5. The number of morpholine rings is 1. The lowest BCUT2D eigenvalue weighted by atomic mass is 9.96. The highest BCUT2D eigenvalue weighted by Crippen LogP contribution is 2.19. The summed E-state index contributed by atoms with van der Waals surface area (Å²) in [4.78, 5) is 13.8. The number of nitrogens with zero attached hydrogens (tertiary/aromatic N) is 1. The van der Waals surface area contributed by atoms with Crippen LogP contribution in [0.5, 0.6) is 0 Å². The van der Waals surface area contributed by atoms with Gasteiger partial charge < -0.3 is 14.4 Å². The average Bonchev–Trinajstić information content (AvgIpc) is 2.31. The molecule has 4 heteroatoms. The molecule has 2 heterocycles. The first kappa shape index (κ1) is 10.9. The molecular formula is C11H19NO3. The van der Waals surface area contributed by atoms with Gasteiger partial charge >= 0.3 is 0 Å². The first-order valence-electron chi connectivity index (χ1n) is 5.79. The molecular weight excluding hydrogens is 194 g/mol. The molecule has 0 unspecified atom stereocenters. The van der Waals surface area contributed by atoms with E-state index in [1.165, 1.54) is 0 Å². The lowest BCUT2D eigenvalue weighted by molar-refractivity contribution is -0.136. The van der Waals surface area contributed by atoms with Crippen molar-refractivity contribution in [3.05, 3.63) is 0 Å². The second-order valence-electron chi connectivity index (χ2n) is 4.25. The summed E-state index contributed by atoms with van der Waals surface area (Å²) >= 11 is 0. The Morgan fingerprint density at radius 2 is 1.67 bits per heavy atom. The second-order valence-corrected chi connectivity index (χ2v) is 4.25. The summed E-state index contributed by atoms with van der Waals surface area (Å²) in [6.45, 7) is 4.56. The highest BCUT2D eigenvalue weighted by atomic mass is 16.5. The maximum absolute atomic E-state index is 11.9. The van der Waals surface area contributed by atoms with Crippen molar-refractivity contribution in [2.75, 3.05) is 39.5 Å². The molecule has 0 aromatic heterocycles. The Balaban J connectivity index is 1.74. The molecule has 0 atom stereocenters. The number of carbonyl (C=O) groups is 1. The van der Waals surface area contributed by atoms with Gasteiger partial charge in [-0.25, -0.2) is 0 Å². The van der Waals surface area contributed by atoms with Crippen molar-refractivity contribution in [3.63, 3.8) is 0 Å². The summed E-state index contributed by atoms with van der Waals surface area (Å²) in [6.07, 6.45) is 2.77. The highest BCUT2D eigenvalue weighted by Gasteiger charge is 2.22. The van der Waals surface area contributed by atoms with Crippen LogP contribution >= 0.6 is 0 Å². The van der Waals surface area contributed by atoms with Gasteiger partial charge in [0.15, 0.2) is 0 Å². The van der Waals surface area contributed by atoms with Crippen LogP contribution in [0.25, 0.3) is 0 Å². The molecule has 0 N–H and O–H groups in total. The van der Waals surface area contributed by atoms with Gasteiger partial charge in [-0.05, 0) is 18.8 Å². The first-order chi connectivity index (χ1) is 7.36. The van der Waals surface area contributed by atoms with Crippen LogP contribution in [-0.4, -0.2) is 50.3 Å². The molecule has 0 spiro atoms. The van der Waals surface area contributed by atoms with Crippen molar-refractivity contribution in [3.8, 4) is 0 Å². The zero-order valence-electron chi connectivity index (χ0n) is 9.11. The standard InChI is InChI=1S/C11H19NO3/c13-11(12-3-7-15-8-4-12)9-10-1-5-14-6-2-10/h10H,1-9H2. The van der Waals surface area contributed by atoms with E-state index in [4.69, 9.17) is 9.47 Å². The van der Waals surface area contributed by atoms with Crippen LogP contribution in [0.4, 0.5) is 0 Å². The SMILES string of the molecule is O=C(CC1CCOCC1)N1CCOCC1. The third-order valence-electron chi connectivity index (χ3n) is 3.17. The molecule has 0 aromatic carbocycles. The van der Waals surface area contributed by atoms with E-state index in [9.17, 15) is 4.79 Å². The van der Waals surface area contributed by atoms with Crippen LogP contribution in [0, 0.1) is 5.92 Å². The van der Waals surface area contributed by atoms with Crippen molar-refractivity contribution >= 4 is 5.91 Å². The van der Waals surface area contributed by atoms with Crippen LogP contribution in [0.15, 0.2) is 0 Å². The first-order valence-corrected chi connectivity index (χ1v) is 5.79. The molecule has 2 rings (SSSR count). The lowest BCUT2D eigenvalue weighted by Crippen LogP contribution is -2.41. The van der Waals surface area contributed by atoms with Gasteiger partial charge in [0.2, 0.25) is 5.91 Å². The maximum Gasteiger partial charge on any atom is 0.223 e. The quantitative estimate of drug-likeness (QED) is 0.676. The van der Waals surface area contributed by atoms with Crippen LogP contribution in [0.1, 0.15) is 19.3 Å². The number of carbonyl (C=O) groups excluding carboxylic acids is 1. The molecule has 0 saturated carbocycles. The Morgan fingerprint density at radius 3 is 2.33 bits per heavy atom. The molecule has 0 aromatic rings. The summed E-state index contributed by atoms with van der Waals surface area (Å²) in [7, 11) is 0. The average molecular weight is 213 g/mol. The van der Waals surface area contributed by atoms with Gasteiger partial charge in [-0.1, -0.05) is 0 Å². The minimum Gasteiger partial charge on any atom is -0.381 e. The zero-order valence-corrected chi connectivity index (χ0v) is 9.11. The fraction of sp³-hybridized carbons (Fsp3) is 0.909. The molecule has 4 nitrogen and oxygen atoms in total. The van der Waals surface area contributed by atoms with E-state index in [0.29, 0.717) is 31.5 Å². The van der Waals surface area contributed by atoms with Gasteiger partial charge in [-0.2, -0.15) is 0 Å². The highest BCUT2D eigenvalue weighted by molar-refractivity contribution is 5.76. The van der Waals surface area contributed by atoms with Crippen LogP contribution in [-0.2, 0) is 14.3 Å². The molecule has 2 aliphatic rings. The van der Waals surface area contributed by atoms with Crippen molar-refractivity contribution in [1.82, 2.24) is 4.90 Å². The third kappa shape index (κ3) is 3.18. The largest absolute Gasteiger partial charge is 0.381 e. The fourth-order valence-corrected chi connectivity index (χ4v) is 2.14. The monoisotopic (exact) mass is 213 g/mol. The number of amides is 1. The number of rotatable bonds is 2. The Labute approximate surface area is 90.5 Å². The van der Waals surface area contributed by atoms with E-state index in [2.05, 4.69) is 0 Å². The second kappa shape index (κ2) is 5.47. The Bertz CT molecular complexity index is 208. The summed E-state index contributed by atoms with van der Waals surface area (Å²) < 4.78 is 10.5. The summed E-state index contributed by atoms with van der Waals surface area (Å²) in [6, 6.07) is 0. The predicted octanol–water partition coefficient (Wildman–Crippen LogP) is 0.662. The van der Waals surface area contributed by atoms with Crippen molar-refractivity contribution in [1.29, 1.82) is 0 Å². The lowest BCUT2D eigenvalue weighted by Gasteiger charge is -2.29. The number of hydrogen-bond acceptors (Lipinski definition) is 3. The van der Waals surface area contributed by atoms with Crippen LogP contribution < -0.4 is 0 Å². The van der Waals surface area contributed by atoms with Crippen molar-refractivity contribution < 1.29 is 14.3 Å². The van der Waals surface area contributed by atoms with Gasteiger partial charge in [0.05, 0.1) is 13.2 Å². The van der Waals surface area contributed by atoms with Crippen LogP contribution in [0.2, 0.25) is 0 Å². The number of hydrogen-bond donors (Lipinski definition) is 0. The normalized spacial score (nSPS) is 24.1. The van der Waals surface area contributed by atoms with E-state index in [0.717, 1.165) is 39.1 Å². The summed E-state index contributed by atoms with van der Waals surface area (Å²) in [5.74, 6) is 0.833. The van der Waals surface area contributed by atoms with E-state index >= 15 is 0 Å². The van der Waals surface area contributed by atoms with Gasteiger partial charge in [-0.15, -0.1) is 0 Å². The Hall–Kier alpha value is -0.610. The van der Waals surface area contributed by atoms with Gasteiger partial charge in [0, 0.05) is 32.7 Å². The smallest absolute Gasteiger partial charge is 0.223 e. The topological polar surface area (TPSA) is 38.8 Å². The Morgan fingerprint density at radius 1 is 1.07 bits per heavy atom. The molecule has 86 valence electrons. The molecule has 0 aliphatic carbocycles. The predicted molar refractivity (Wildman–Crippen MR) is 55.6 cm³/mol. The minimum atomic E-state index is 0.296. The van der Waals surface area contributed by atoms with Gasteiger partial charge in [0.1, 0.15) is 0 Å². The fourth-order valence-electron chi connectivity index (χ4n) is 2.14. The summed E-state index contributed by atoms with van der Waals surface area (Å²) in [5, 5.41) is 0. The van der Waals surface area contributed by atoms with Gasteiger partial charge in [0.25, 0.3) is 0 Å². The van der Waals surface area contributed by atoms with E-state index in [-0.39, 0.29) is 0 Å². The third-order valence-corrected chi connectivity index (χ3v) is 3.17. The number of ether oxygens (including phenoxy) is 2. The van der Waals surface area contributed by atoms with Gasteiger partial charge in [-0.3, -0.25) is 4.79 Å². The molecule has 1 amide bonds. The molecule has 2 saturated heterocycles. The summed E-state index contributed by atoms with van der Waals surface area (Å²) in [5.41, 5.74) is 0. The van der Waals surface area contributed by atoms with Crippen LogP contribution in [0.3, 0.4) is 0 Å². The minimum absolute atomic E-state index is 0.296. The van der Waals surface area contributed by atoms with E-state index in [1.54, 1.807) is 0 Å². The van der Waals surface area contributed by atoms with E-state index < -0.39 is 0 Å². The van der Waals surface area contributed by atoms with E-state index in [1.807, 2.05) is 4.90 Å². The maximum atomic E-state index is 11.9. The van der Waals surface area contributed by atoms with Crippen molar-refractivity contribution in [2.24, 2.45) is 5.92 Å². The molecule has 0 radical (unpaired) electrons. The Kier molecular flexibility index (Phi) is 3.97.